The Morgan fingerprint density at radius 3 is 1.78 bits per heavy atom. The molecule has 2 atom stereocenters. The molecule has 0 saturated carbocycles. The highest BCUT2D eigenvalue weighted by atomic mass is 31.2. The van der Waals surface area contributed by atoms with Crippen LogP contribution >= 0.6 is 7.82 Å². The van der Waals surface area contributed by atoms with Crippen molar-refractivity contribution in [2.75, 3.05) is 13.2 Å². The molecule has 0 fully saturated rings. The van der Waals surface area contributed by atoms with E-state index in [0.717, 1.165) is 31.6 Å². The van der Waals surface area contributed by atoms with E-state index < -0.39 is 38.6 Å². The molecule has 10 heteroatoms. The topological polar surface area (TPSA) is 140 Å². The quantitative estimate of drug-likeness (QED) is 0.0183. The molecule has 0 aliphatic heterocycles. The third kappa shape index (κ3) is 41.1. The Labute approximate surface area is 329 Å². The van der Waals surface area contributed by atoms with Crippen LogP contribution in [0.3, 0.4) is 0 Å². The van der Waals surface area contributed by atoms with Crippen LogP contribution in [-0.4, -0.2) is 52.3 Å². The summed E-state index contributed by atoms with van der Waals surface area (Å²) in [6, 6.07) is 0. The standard InChI is InChI=1S/C44H79O9P/c1-4-5-6-7-24-29-34-41(45)35-30-25-20-17-18-22-27-32-37-44(47)53-42(39-52-54(48,49)50)38-51-43(46)36-31-26-21-16-14-12-10-8-9-11-13-15-19-23-28-33-40(2)3/h18,20,22,24-25,29-30,35,40-42,45H,4-17,19,21,23,26-28,31-34,36-39H2,1-3H3,(H2,48,49,50)/b22-18-,25-20-,29-24-,35-30+/t41-,42+/m0/s1. The lowest BCUT2D eigenvalue weighted by Gasteiger charge is -2.18. The average molecular weight is 783 g/mol. The zero-order chi connectivity index (χ0) is 40.0. The monoisotopic (exact) mass is 783 g/mol. The number of unbranched alkanes of at least 4 members (excludes halogenated alkanes) is 18. The van der Waals surface area contributed by atoms with E-state index in [-0.39, 0.29) is 19.4 Å². The van der Waals surface area contributed by atoms with Gasteiger partial charge in [-0.1, -0.05) is 179 Å². The van der Waals surface area contributed by atoms with Crippen LogP contribution in [0.25, 0.3) is 0 Å². The van der Waals surface area contributed by atoms with Crippen LogP contribution in [0.4, 0.5) is 0 Å². The molecule has 0 saturated heterocycles. The molecule has 54 heavy (non-hydrogen) atoms. The highest BCUT2D eigenvalue weighted by molar-refractivity contribution is 7.46. The number of ether oxygens (including phenoxy) is 2. The van der Waals surface area contributed by atoms with Crippen molar-refractivity contribution in [3.8, 4) is 0 Å². The molecular weight excluding hydrogens is 703 g/mol. The van der Waals surface area contributed by atoms with Gasteiger partial charge in [0, 0.05) is 12.8 Å². The third-order valence-electron chi connectivity index (χ3n) is 9.11. The van der Waals surface area contributed by atoms with Crippen molar-refractivity contribution in [2.24, 2.45) is 5.92 Å². The average Bonchev–Trinajstić information content (AvgIpc) is 3.12. The minimum atomic E-state index is -4.78. The fourth-order valence-electron chi connectivity index (χ4n) is 5.87. The molecule has 0 bridgehead atoms. The fourth-order valence-corrected chi connectivity index (χ4v) is 6.23. The summed E-state index contributed by atoms with van der Waals surface area (Å²) in [5, 5.41) is 10.00. The number of aliphatic hydroxyl groups excluding tert-OH is 1. The predicted molar refractivity (Wildman–Crippen MR) is 222 cm³/mol. The largest absolute Gasteiger partial charge is 0.469 e. The van der Waals surface area contributed by atoms with Gasteiger partial charge in [-0.25, -0.2) is 4.57 Å². The molecule has 9 nitrogen and oxygen atoms in total. The van der Waals surface area contributed by atoms with Gasteiger partial charge in [-0.15, -0.1) is 0 Å². The Morgan fingerprint density at radius 1 is 0.630 bits per heavy atom. The van der Waals surface area contributed by atoms with Gasteiger partial charge in [-0.3, -0.25) is 14.1 Å². The van der Waals surface area contributed by atoms with Crippen LogP contribution in [-0.2, 0) is 28.2 Å². The molecule has 314 valence electrons. The summed E-state index contributed by atoms with van der Waals surface area (Å²) in [5.74, 6) is -0.155. The highest BCUT2D eigenvalue weighted by Crippen LogP contribution is 2.36. The maximum absolute atomic E-state index is 12.4. The molecule has 0 aliphatic rings. The first-order chi connectivity index (χ1) is 26.0. The van der Waals surface area contributed by atoms with E-state index in [1.807, 2.05) is 36.5 Å². The normalized spacial score (nSPS) is 13.6. The Hall–Kier alpha value is -2.03. The van der Waals surface area contributed by atoms with E-state index in [4.69, 9.17) is 19.3 Å². The lowest BCUT2D eigenvalue weighted by molar-refractivity contribution is -0.161. The molecule has 0 radical (unpaired) electrons. The first-order valence-corrected chi connectivity index (χ1v) is 22.9. The Morgan fingerprint density at radius 2 is 1.19 bits per heavy atom. The van der Waals surface area contributed by atoms with Gasteiger partial charge < -0.3 is 24.4 Å². The molecule has 0 spiro atoms. The van der Waals surface area contributed by atoms with Crippen molar-refractivity contribution in [1.82, 2.24) is 0 Å². The van der Waals surface area contributed by atoms with Gasteiger partial charge in [0.1, 0.15) is 6.61 Å². The number of rotatable bonds is 38. The number of hydrogen-bond donors (Lipinski definition) is 3. The van der Waals surface area contributed by atoms with Gasteiger partial charge in [0.15, 0.2) is 6.10 Å². The lowest BCUT2D eigenvalue weighted by Crippen LogP contribution is -2.29. The molecular formula is C44H79O9P. The van der Waals surface area contributed by atoms with Crippen molar-refractivity contribution in [3.63, 3.8) is 0 Å². The second-order valence-corrected chi connectivity index (χ2v) is 16.2. The molecule has 0 aliphatic carbocycles. The summed E-state index contributed by atoms with van der Waals surface area (Å²) in [7, 11) is -4.78. The van der Waals surface area contributed by atoms with Crippen LogP contribution < -0.4 is 0 Å². The SMILES string of the molecule is CCCCC/C=C\C[C@H](O)/C=C/C=C\C/C=C\CCCC(=O)O[C@H](COC(=O)CCCCCCCCCCCCCCCCCC(C)C)COP(=O)(O)O. The van der Waals surface area contributed by atoms with E-state index in [0.29, 0.717) is 32.1 Å². The summed E-state index contributed by atoms with van der Waals surface area (Å²) in [6.45, 7) is 5.89. The number of carbonyl (C=O) groups is 2. The van der Waals surface area contributed by atoms with Crippen LogP contribution in [0.2, 0.25) is 0 Å². The van der Waals surface area contributed by atoms with Crippen molar-refractivity contribution in [3.05, 3.63) is 48.6 Å². The number of esters is 2. The van der Waals surface area contributed by atoms with Crippen LogP contribution in [0.15, 0.2) is 48.6 Å². The molecule has 0 aromatic carbocycles. The van der Waals surface area contributed by atoms with Gasteiger partial charge in [0.2, 0.25) is 0 Å². The summed E-state index contributed by atoms with van der Waals surface area (Å²) >= 11 is 0. The van der Waals surface area contributed by atoms with E-state index >= 15 is 0 Å². The molecule has 3 N–H and O–H groups in total. The molecule has 0 amide bonds. The highest BCUT2D eigenvalue weighted by Gasteiger charge is 2.22. The number of allylic oxidation sites excluding steroid dienone is 6. The van der Waals surface area contributed by atoms with Crippen LogP contribution in [0.5, 0.6) is 0 Å². The minimum absolute atomic E-state index is 0.104. The van der Waals surface area contributed by atoms with Gasteiger partial charge in [0.05, 0.1) is 12.7 Å². The number of aliphatic hydroxyl groups is 1. The number of phosphoric acid groups is 1. The fraction of sp³-hybridized carbons (Fsp3) is 0.773. The first kappa shape index (κ1) is 52.0. The summed E-state index contributed by atoms with van der Waals surface area (Å²) in [5.41, 5.74) is 0. The Bertz CT molecular complexity index is 1050. The van der Waals surface area contributed by atoms with E-state index in [9.17, 15) is 19.3 Å². The van der Waals surface area contributed by atoms with Crippen molar-refractivity contribution >= 4 is 19.8 Å². The van der Waals surface area contributed by atoms with Crippen molar-refractivity contribution in [2.45, 2.75) is 200 Å². The molecule has 0 heterocycles. The Kier molecular flexibility index (Phi) is 36.4. The van der Waals surface area contributed by atoms with Crippen molar-refractivity contribution in [1.29, 1.82) is 0 Å². The molecule has 0 unspecified atom stereocenters. The minimum Gasteiger partial charge on any atom is -0.462 e. The van der Waals surface area contributed by atoms with Crippen LogP contribution in [0.1, 0.15) is 188 Å². The molecule has 0 aromatic heterocycles. The number of hydrogen-bond acceptors (Lipinski definition) is 7. The van der Waals surface area contributed by atoms with Crippen molar-refractivity contribution < 1.29 is 43.0 Å². The Balaban J connectivity index is 4.05. The smallest absolute Gasteiger partial charge is 0.462 e. The van der Waals surface area contributed by atoms with E-state index in [2.05, 4.69) is 31.4 Å². The third-order valence-corrected chi connectivity index (χ3v) is 9.59. The van der Waals surface area contributed by atoms with E-state index in [1.165, 1.54) is 96.3 Å². The number of phosphoric ester groups is 1. The number of carbonyl (C=O) groups excluding carboxylic acids is 2. The second-order valence-electron chi connectivity index (χ2n) is 15.0. The summed E-state index contributed by atoms with van der Waals surface area (Å²) in [6.07, 6.45) is 41.5. The molecule has 0 rings (SSSR count). The first-order valence-electron chi connectivity index (χ1n) is 21.4. The van der Waals surface area contributed by atoms with Gasteiger partial charge in [-0.2, -0.15) is 0 Å². The summed E-state index contributed by atoms with van der Waals surface area (Å²) in [4.78, 5) is 42.8. The lowest BCUT2D eigenvalue weighted by atomic mass is 10.0. The zero-order valence-corrected chi connectivity index (χ0v) is 35.3. The van der Waals surface area contributed by atoms with E-state index in [1.54, 1.807) is 6.08 Å². The maximum atomic E-state index is 12.4. The predicted octanol–water partition coefficient (Wildman–Crippen LogP) is 12.0. The van der Waals surface area contributed by atoms with Gasteiger partial charge in [0.25, 0.3) is 0 Å². The van der Waals surface area contributed by atoms with Crippen LogP contribution in [0, 0.1) is 5.92 Å². The maximum Gasteiger partial charge on any atom is 0.469 e. The second kappa shape index (κ2) is 37.9. The zero-order valence-electron chi connectivity index (χ0n) is 34.4. The summed E-state index contributed by atoms with van der Waals surface area (Å²) < 4.78 is 26.3. The van der Waals surface area contributed by atoms with Gasteiger partial charge in [-0.05, 0) is 50.9 Å². The van der Waals surface area contributed by atoms with Gasteiger partial charge >= 0.3 is 19.8 Å². The molecule has 0 aromatic rings.